The van der Waals surface area contributed by atoms with Crippen LogP contribution in [0, 0.1) is 9.49 Å². The second-order valence-electron chi connectivity index (χ2n) is 3.93. The number of carboxylic acids is 1. The van der Waals surface area contributed by atoms with Crippen molar-refractivity contribution >= 4 is 28.6 Å². The molecule has 18 heavy (non-hydrogen) atoms. The Labute approximate surface area is 117 Å². The molecule has 2 rings (SSSR count). The predicted molar refractivity (Wildman–Crippen MR) is 72.8 cm³/mol. The molecule has 1 N–H and O–H groups in total. The normalized spacial score (nSPS) is 12.3. The van der Waals surface area contributed by atoms with E-state index in [1.54, 1.807) is 6.92 Å². The number of halogens is 1. The summed E-state index contributed by atoms with van der Waals surface area (Å²) >= 11 is 2.21. The van der Waals surface area contributed by atoms with Crippen molar-refractivity contribution in [1.82, 2.24) is 20.2 Å². The van der Waals surface area contributed by atoms with Gasteiger partial charge in [-0.1, -0.05) is 19.1 Å². The minimum atomic E-state index is -0.862. The van der Waals surface area contributed by atoms with Gasteiger partial charge in [-0.2, -0.15) is 0 Å². The Kier molecular flexibility index (Phi) is 3.90. The summed E-state index contributed by atoms with van der Waals surface area (Å²) in [6.07, 6.45) is 0. The van der Waals surface area contributed by atoms with E-state index in [0.717, 1.165) is 9.13 Å². The maximum atomic E-state index is 10.8. The molecule has 0 aliphatic heterocycles. The minimum Gasteiger partial charge on any atom is -0.481 e. The molecule has 1 unspecified atom stereocenters. The molecule has 0 saturated carbocycles. The zero-order chi connectivity index (χ0) is 13.1. The van der Waals surface area contributed by atoms with Gasteiger partial charge in [-0.15, -0.1) is 5.10 Å². The van der Waals surface area contributed by atoms with Crippen LogP contribution in [0.4, 0.5) is 0 Å². The highest BCUT2D eigenvalue weighted by atomic mass is 127. The molecule has 0 fully saturated rings. The molecule has 2 aromatic rings. The van der Waals surface area contributed by atoms with Gasteiger partial charge in [0, 0.05) is 9.13 Å². The lowest BCUT2D eigenvalue weighted by atomic mass is 10.1. The summed E-state index contributed by atoms with van der Waals surface area (Å²) in [6.45, 7) is 1.88. The van der Waals surface area contributed by atoms with Crippen LogP contribution in [0.3, 0.4) is 0 Å². The third-order valence-electron chi connectivity index (χ3n) is 2.48. The molecular formula is C11H11IN4O2. The number of carbonyl (C=O) groups is 1. The number of aliphatic carboxylic acids is 1. The Morgan fingerprint density at radius 2 is 2.33 bits per heavy atom. The summed E-state index contributed by atoms with van der Waals surface area (Å²) < 4.78 is 2.59. The van der Waals surface area contributed by atoms with Crippen LogP contribution in [0.25, 0.3) is 11.4 Å². The summed E-state index contributed by atoms with van der Waals surface area (Å²) in [7, 11) is 0. The monoisotopic (exact) mass is 358 g/mol. The van der Waals surface area contributed by atoms with Crippen LogP contribution < -0.4 is 0 Å². The van der Waals surface area contributed by atoms with Crippen LogP contribution in [-0.2, 0) is 11.3 Å². The van der Waals surface area contributed by atoms with Crippen molar-refractivity contribution in [3.8, 4) is 11.4 Å². The summed E-state index contributed by atoms with van der Waals surface area (Å²) in [4.78, 5) is 10.8. The molecule has 94 valence electrons. The van der Waals surface area contributed by atoms with Crippen molar-refractivity contribution in [1.29, 1.82) is 0 Å². The second kappa shape index (κ2) is 5.42. The molecule has 7 heteroatoms. The number of nitrogens with zero attached hydrogens (tertiary/aromatic N) is 4. The second-order valence-corrected chi connectivity index (χ2v) is 5.18. The maximum Gasteiger partial charge on any atom is 0.308 e. The summed E-state index contributed by atoms with van der Waals surface area (Å²) in [5, 5.41) is 20.3. The first-order valence-corrected chi connectivity index (χ1v) is 6.40. The molecule has 0 amide bonds. The Morgan fingerprint density at radius 1 is 1.56 bits per heavy atom. The highest BCUT2D eigenvalue weighted by Crippen LogP contribution is 2.19. The largest absolute Gasteiger partial charge is 0.481 e. The van der Waals surface area contributed by atoms with Crippen LogP contribution >= 0.6 is 22.6 Å². The molecule has 0 radical (unpaired) electrons. The van der Waals surface area contributed by atoms with Crippen LogP contribution in [0.5, 0.6) is 0 Å². The number of tetrazole rings is 1. The predicted octanol–water partition coefficient (Wildman–Crippen LogP) is 1.67. The van der Waals surface area contributed by atoms with E-state index in [0.29, 0.717) is 5.82 Å². The first-order valence-electron chi connectivity index (χ1n) is 5.33. The van der Waals surface area contributed by atoms with Gasteiger partial charge in [0.2, 0.25) is 0 Å². The van der Waals surface area contributed by atoms with E-state index in [1.165, 1.54) is 4.68 Å². The number of carboxylic acid groups (broad SMARTS) is 1. The van der Waals surface area contributed by atoms with Gasteiger partial charge in [0.15, 0.2) is 5.82 Å². The average Bonchev–Trinajstić information content (AvgIpc) is 2.77. The Morgan fingerprint density at radius 3 is 3.00 bits per heavy atom. The smallest absolute Gasteiger partial charge is 0.308 e. The first kappa shape index (κ1) is 12.9. The quantitative estimate of drug-likeness (QED) is 0.841. The molecule has 6 nitrogen and oxygen atoms in total. The first-order chi connectivity index (χ1) is 8.58. The maximum absolute atomic E-state index is 10.8. The number of hydrogen-bond donors (Lipinski definition) is 1. The van der Waals surface area contributed by atoms with Gasteiger partial charge in [0.25, 0.3) is 0 Å². The molecule has 0 aliphatic carbocycles. The molecule has 0 bridgehead atoms. The third-order valence-corrected chi connectivity index (χ3v) is 3.15. The van der Waals surface area contributed by atoms with Crippen molar-refractivity contribution in [3.05, 3.63) is 27.8 Å². The van der Waals surface area contributed by atoms with E-state index in [1.807, 2.05) is 24.3 Å². The van der Waals surface area contributed by atoms with Gasteiger partial charge < -0.3 is 5.11 Å². The van der Waals surface area contributed by atoms with Crippen molar-refractivity contribution in [2.24, 2.45) is 5.92 Å². The fourth-order valence-electron chi connectivity index (χ4n) is 1.50. The van der Waals surface area contributed by atoms with Crippen molar-refractivity contribution < 1.29 is 9.90 Å². The topological polar surface area (TPSA) is 80.9 Å². The van der Waals surface area contributed by atoms with E-state index in [4.69, 9.17) is 5.11 Å². The number of hydrogen-bond acceptors (Lipinski definition) is 4. The number of benzene rings is 1. The van der Waals surface area contributed by atoms with Crippen LogP contribution in [0.1, 0.15) is 6.92 Å². The summed E-state index contributed by atoms with van der Waals surface area (Å²) in [6, 6.07) is 7.73. The Hall–Kier alpha value is -1.51. The summed E-state index contributed by atoms with van der Waals surface area (Å²) in [5.41, 5.74) is 0.879. The average molecular weight is 358 g/mol. The van der Waals surface area contributed by atoms with E-state index >= 15 is 0 Å². The SMILES string of the molecule is CC(Cn1nnnc1-c1cccc(I)c1)C(=O)O. The highest BCUT2D eigenvalue weighted by Gasteiger charge is 2.16. The zero-order valence-electron chi connectivity index (χ0n) is 9.62. The molecule has 1 atom stereocenters. The molecule has 1 aromatic carbocycles. The minimum absolute atomic E-state index is 0.253. The molecule has 1 heterocycles. The molecule has 0 spiro atoms. The highest BCUT2D eigenvalue weighted by molar-refractivity contribution is 14.1. The van der Waals surface area contributed by atoms with Gasteiger partial charge in [-0.05, 0) is 45.2 Å². The van der Waals surface area contributed by atoms with E-state index in [-0.39, 0.29) is 6.54 Å². The Bertz CT molecular complexity index is 570. The van der Waals surface area contributed by atoms with Crippen LogP contribution in [-0.4, -0.2) is 31.3 Å². The molecule has 0 aliphatic rings. The molecular weight excluding hydrogens is 347 g/mol. The Balaban J connectivity index is 2.30. The molecule has 1 aromatic heterocycles. The van der Waals surface area contributed by atoms with Gasteiger partial charge in [0.1, 0.15) is 0 Å². The molecule has 0 saturated heterocycles. The van der Waals surface area contributed by atoms with Crippen LogP contribution in [0.2, 0.25) is 0 Å². The van der Waals surface area contributed by atoms with Crippen molar-refractivity contribution in [2.45, 2.75) is 13.5 Å². The van der Waals surface area contributed by atoms with E-state index in [9.17, 15) is 4.79 Å². The van der Waals surface area contributed by atoms with Crippen LogP contribution in [0.15, 0.2) is 24.3 Å². The van der Waals surface area contributed by atoms with Gasteiger partial charge in [0.05, 0.1) is 12.5 Å². The lowest BCUT2D eigenvalue weighted by Gasteiger charge is -2.08. The lowest BCUT2D eigenvalue weighted by molar-refractivity contribution is -0.141. The summed E-state index contributed by atoms with van der Waals surface area (Å²) in [5.74, 6) is -0.809. The van der Waals surface area contributed by atoms with E-state index in [2.05, 4.69) is 38.1 Å². The zero-order valence-corrected chi connectivity index (χ0v) is 11.8. The lowest BCUT2D eigenvalue weighted by Crippen LogP contribution is -2.18. The third kappa shape index (κ3) is 2.84. The number of rotatable bonds is 4. The van der Waals surface area contributed by atoms with E-state index < -0.39 is 11.9 Å². The standard InChI is InChI=1S/C11H11IN4O2/c1-7(11(17)18)6-16-10(13-14-15-16)8-3-2-4-9(12)5-8/h2-5,7H,6H2,1H3,(H,17,18). The fourth-order valence-corrected chi connectivity index (χ4v) is 2.04. The van der Waals surface area contributed by atoms with Gasteiger partial charge >= 0.3 is 5.97 Å². The van der Waals surface area contributed by atoms with Gasteiger partial charge in [-0.25, -0.2) is 4.68 Å². The van der Waals surface area contributed by atoms with Gasteiger partial charge in [-0.3, -0.25) is 4.79 Å². The number of aromatic nitrogens is 4. The van der Waals surface area contributed by atoms with Crippen molar-refractivity contribution in [3.63, 3.8) is 0 Å². The fraction of sp³-hybridized carbons (Fsp3) is 0.273. The van der Waals surface area contributed by atoms with Crippen molar-refractivity contribution in [2.75, 3.05) is 0 Å².